The molecule has 4 rings (SSSR count). The van der Waals surface area contributed by atoms with Crippen LogP contribution >= 0.6 is 0 Å². The van der Waals surface area contributed by atoms with Crippen LogP contribution in [0, 0.1) is 18.7 Å². The predicted molar refractivity (Wildman–Crippen MR) is 120 cm³/mol. The summed E-state index contributed by atoms with van der Waals surface area (Å²) in [6.07, 6.45) is 4.33. The fraction of sp³-hybridized carbons (Fsp3) is 0.360. The second kappa shape index (κ2) is 9.43. The molecule has 0 bridgehead atoms. The van der Waals surface area contributed by atoms with E-state index in [-0.39, 0.29) is 11.7 Å². The molecule has 2 heterocycles. The molecule has 6 heteroatoms. The number of carbonyl (C=O) groups excluding carboxylic acids is 1. The molecule has 5 nitrogen and oxygen atoms in total. The summed E-state index contributed by atoms with van der Waals surface area (Å²) in [6.45, 7) is 7.09. The summed E-state index contributed by atoms with van der Waals surface area (Å²) in [5.41, 5.74) is 5.11. The molecule has 162 valence electrons. The van der Waals surface area contributed by atoms with Gasteiger partial charge in [-0.1, -0.05) is 17.7 Å². The molecule has 31 heavy (non-hydrogen) atoms. The van der Waals surface area contributed by atoms with Crippen LogP contribution in [0.2, 0.25) is 0 Å². The van der Waals surface area contributed by atoms with E-state index in [1.807, 2.05) is 4.68 Å². The first kappa shape index (κ1) is 21.2. The number of benzene rings is 2. The van der Waals surface area contributed by atoms with E-state index in [4.69, 9.17) is 5.10 Å². The zero-order valence-corrected chi connectivity index (χ0v) is 18.1. The Labute approximate surface area is 182 Å². The number of carbonyl (C=O) groups is 1. The predicted octanol–water partition coefficient (Wildman–Crippen LogP) is 4.33. The zero-order chi connectivity index (χ0) is 21.8. The third kappa shape index (κ3) is 5.39. The van der Waals surface area contributed by atoms with Crippen molar-refractivity contribution >= 4 is 5.91 Å². The van der Waals surface area contributed by atoms with Crippen LogP contribution in [0.3, 0.4) is 0 Å². The minimum Gasteiger partial charge on any atom is -0.356 e. The molecule has 0 radical (unpaired) electrons. The van der Waals surface area contributed by atoms with E-state index in [0.29, 0.717) is 5.92 Å². The van der Waals surface area contributed by atoms with E-state index in [1.54, 1.807) is 19.1 Å². The second-order valence-electron chi connectivity index (χ2n) is 8.47. The number of aromatic nitrogens is 2. The smallest absolute Gasteiger partial charge is 0.216 e. The van der Waals surface area contributed by atoms with Gasteiger partial charge in [0.05, 0.1) is 11.4 Å². The highest BCUT2D eigenvalue weighted by Crippen LogP contribution is 2.27. The van der Waals surface area contributed by atoms with Crippen LogP contribution in [0.15, 0.2) is 54.7 Å². The highest BCUT2D eigenvalue weighted by atomic mass is 19.1. The van der Waals surface area contributed by atoms with Gasteiger partial charge in [-0.25, -0.2) is 9.07 Å². The van der Waals surface area contributed by atoms with Gasteiger partial charge in [0.15, 0.2) is 0 Å². The highest BCUT2D eigenvalue weighted by Gasteiger charge is 2.22. The Hall–Kier alpha value is -2.99. The van der Waals surface area contributed by atoms with Crippen LogP contribution in [-0.2, 0) is 11.3 Å². The lowest BCUT2D eigenvalue weighted by Crippen LogP contribution is -2.40. The van der Waals surface area contributed by atoms with E-state index in [1.165, 1.54) is 17.7 Å². The molecule has 3 aromatic rings. The van der Waals surface area contributed by atoms with Crippen LogP contribution in [0.5, 0.6) is 0 Å². The van der Waals surface area contributed by atoms with Crippen molar-refractivity contribution in [3.05, 3.63) is 71.7 Å². The van der Waals surface area contributed by atoms with Crippen molar-refractivity contribution in [1.29, 1.82) is 0 Å². The Morgan fingerprint density at radius 1 is 1.16 bits per heavy atom. The lowest BCUT2D eigenvalue weighted by molar-refractivity contribution is -0.119. The number of rotatable bonds is 6. The number of amides is 1. The Morgan fingerprint density at radius 2 is 1.90 bits per heavy atom. The van der Waals surface area contributed by atoms with Crippen LogP contribution in [0.4, 0.5) is 4.39 Å². The van der Waals surface area contributed by atoms with Gasteiger partial charge in [0.2, 0.25) is 5.91 Å². The topological polar surface area (TPSA) is 50.2 Å². The average molecular weight is 421 g/mol. The van der Waals surface area contributed by atoms with Crippen LogP contribution in [0.25, 0.3) is 16.9 Å². The number of piperidine rings is 1. The summed E-state index contributed by atoms with van der Waals surface area (Å²) in [5.74, 6) is 0.231. The van der Waals surface area contributed by atoms with Crippen molar-refractivity contribution in [3.63, 3.8) is 0 Å². The quantitative estimate of drug-likeness (QED) is 0.646. The fourth-order valence-electron chi connectivity index (χ4n) is 4.20. The molecule has 1 unspecified atom stereocenters. The molecule has 0 aliphatic carbocycles. The van der Waals surface area contributed by atoms with Gasteiger partial charge in [-0.3, -0.25) is 9.69 Å². The summed E-state index contributed by atoms with van der Waals surface area (Å²) in [5, 5.41) is 7.82. The molecule has 0 spiro atoms. The summed E-state index contributed by atoms with van der Waals surface area (Å²) >= 11 is 0. The molecule has 1 aromatic heterocycles. The molecule has 1 aliphatic rings. The number of hydrogen-bond acceptors (Lipinski definition) is 3. The Balaban J connectivity index is 1.59. The summed E-state index contributed by atoms with van der Waals surface area (Å²) < 4.78 is 15.4. The molecule has 1 saturated heterocycles. The zero-order valence-electron chi connectivity index (χ0n) is 18.1. The van der Waals surface area contributed by atoms with Crippen molar-refractivity contribution in [1.82, 2.24) is 20.0 Å². The van der Waals surface area contributed by atoms with Gasteiger partial charge in [-0.15, -0.1) is 0 Å². The average Bonchev–Trinajstić information content (AvgIpc) is 3.17. The van der Waals surface area contributed by atoms with Gasteiger partial charge in [0.25, 0.3) is 0 Å². The monoisotopic (exact) mass is 420 g/mol. The van der Waals surface area contributed by atoms with Gasteiger partial charge in [-0.05, 0) is 68.6 Å². The van der Waals surface area contributed by atoms with Gasteiger partial charge in [-0.2, -0.15) is 5.10 Å². The number of nitrogens with zero attached hydrogens (tertiary/aromatic N) is 3. The summed E-state index contributed by atoms with van der Waals surface area (Å²) in [7, 11) is 0. The first-order valence-electron chi connectivity index (χ1n) is 10.9. The maximum Gasteiger partial charge on any atom is 0.216 e. The number of nitrogens with one attached hydrogen (secondary N) is 1. The number of hydrogen-bond donors (Lipinski definition) is 1. The fourth-order valence-corrected chi connectivity index (χ4v) is 4.20. The SMILES string of the molecule is CC(=O)NCC1CCCN(Cc2cn(-c3ccc(C)cc3)nc2-c2ccc(F)cc2)C1. The largest absolute Gasteiger partial charge is 0.356 e. The maximum absolute atomic E-state index is 13.5. The van der Waals surface area contributed by atoms with Gasteiger partial charge in [0, 0.05) is 43.9 Å². The summed E-state index contributed by atoms with van der Waals surface area (Å²) in [6, 6.07) is 14.8. The van der Waals surface area contributed by atoms with Gasteiger partial charge in [0.1, 0.15) is 5.82 Å². The van der Waals surface area contributed by atoms with Crippen LogP contribution in [0.1, 0.15) is 30.9 Å². The molecule has 2 aromatic carbocycles. The van der Waals surface area contributed by atoms with E-state index in [2.05, 4.69) is 47.6 Å². The molecule has 1 aliphatic heterocycles. The van der Waals surface area contributed by atoms with Crippen LogP contribution < -0.4 is 5.32 Å². The van der Waals surface area contributed by atoms with Gasteiger partial charge < -0.3 is 5.32 Å². The number of likely N-dealkylation sites (tertiary alicyclic amines) is 1. The summed E-state index contributed by atoms with van der Waals surface area (Å²) in [4.78, 5) is 13.7. The molecular formula is C25H29FN4O. The molecule has 1 amide bonds. The minimum atomic E-state index is -0.250. The maximum atomic E-state index is 13.5. The third-order valence-electron chi connectivity index (χ3n) is 5.84. The minimum absolute atomic E-state index is 0.0232. The van der Waals surface area contributed by atoms with E-state index in [0.717, 1.165) is 61.5 Å². The third-order valence-corrected chi connectivity index (χ3v) is 5.84. The van der Waals surface area contributed by atoms with Crippen molar-refractivity contribution in [2.75, 3.05) is 19.6 Å². The van der Waals surface area contributed by atoms with Gasteiger partial charge >= 0.3 is 0 Å². The Kier molecular flexibility index (Phi) is 6.47. The molecule has 1 atom stereocenters. The van der Waals surface area contributed by atoms with Crippen molar-refractivity contribution < 1.29 is 9.18 Å². The molecule has 1 fully saturated rings. The highest BCUT2D eigenvalue weighted by molar-refractivity contribution is 5.72. The van der Waals surface area contributed by atoms with E-state index < -0.39 is 0 Å². The first-order valence-corrected chi connectivity index (χ1v) is 10.9. The first-order chi connectivity index (χ1) is 15.0. The molecular weight excluding hydrogens is 391 g/mol. The van der Waals surface area contributed by atoms with E-state index >= 15 is 0 Å². The number of aryl methyl sites for hydroxylation is 1. The van der Waals surface area contributed by atoms with E-state index in [9.17, 15) is 9.18 Å². The lowest BCUT2D eigenvalue weighted by Gasteiger charge is -2.32. The standard InChI is InChI=1S/C25H29FN4O/c1-18-5-11-24(12-6-18)30-17-22(25(28-30)21-7-9-23(26)10-8-21)16-29-13-3-4-20(15-29)14-27-19(2)31/h5-12,17,20H,3-4,13-16H2,1-2H3,(H,27,31). The normalized spacial score (nSPS) is 16.9. The van der Waals surface area contributed by atoms with Crippen molar-refractivity contribution in [2.45, 2.75) is 33.2 Å². The number of halogens is 1. The Morgan fingerprint density at radius 3 is 2.61 bits per heavy atom. The van der Waals surface area contributed by atoms with Crippen molar-refractivity contribution in [2.24, 2.45) is 5.92 Å². The Bertz CT molecular complexity index is 1030. The lowest BCUT2D eigenvalue weighted by atomic mass is 9.97. The van der Waals surface area contributed by atoms with Crippen molar-refractivity contribution in [3.8, 4) is 16.9 Å². The second-order valence-corrected chi connectivity index (χ2v) is 8.47. The molecule has 1 N–H and O–H groups in total. The molecule has 0 saturated carbocycles. The van der Waals surface area contributed by atoms with Crippen LogP contribution in [-0.4, -0.2) is 40.2 Å².